The van der Waals surface area contributed by atoms with Gasteiger partial charge < -0.3 is 20.6 Å². The molecule has 1 amide bonds. The van der Waals surface area contributed by atoms with Crippen molar-refractivity contribution in [2.45, 2.75) is 56.2 Å². The van der Waals surface area contributed by atoms with Gasteiger partial charge in [-0.15, -0.1) is 0 Å². The summed E-state index contributed by atoms with van der Waals surface area (Å²) in [6.07, 6.45) is 0.400. The zero-order chi connectivity index (χ0) is 27.2. The molecule has 1 aromatic rings. The van der Waals surface area contributed by atoms with Crippen molar-refractivity contribution in [1.29, 1.82) is 0 Å². The third-order valence-electron chi connectivity index (χ3n) is 8.84. The van der Waals surface area contributed by atoms with Crippen LogP contribution < -0.4 is 16.0 Å². The van der Waals surface area contributed by atoms with Gasteiger partial charge in [0.15, 0.2) is 0 Å². The molecule has 0 bridgehead atoms. The molecule has 4 N–H and O–H groups in total. The van der Waals surface area contributed by atoms with Crippen LogP contribution in [0.3, 0.4) is 0 Å². The maximum Gasteiger partial charge on any atom is 0.413 e. The molecule has 208 valence electrons. The van der Waals surface area contributed by atoms with E-state index in [9.17, 15) is 22.4 Å². The number of anilines is 1. The Labute approximate surface area is 220 Å². The lowest BCUT2D eigenvalue weighted by Gasteiger charge is -2.37. The number of alkyl halides is 4. The minimum atomic E-state index is -4.58. The molecule has 2 heterocycles. The largest absolute Gasteiger partial charge is 0.413 e. The molecule has 2 aliphatic heterocycles. The first-order chi connectivity index (χ1) is 18.1. The number of carbonyl (C=O) groups excluding carboxylic acids is 1. The number of hydrogen-bond acceptors (Lipinski definition) is 5. The van der Waals surface area contributed by atoms with Crippen LogP contribution >= 0.6 is 0 Å². The predicted octanol–water partition coefficient (Wildman–Crippen LogP) is 3.51. The van der Waals surface area contributed by atoms with E-state index in [0.29, 0.717) is 43.0 Å². The standard InChI is InChI=1S/C28H36F4N4O2/c1-16(28(30,31)32)25-18-6-3-7-23(35-24-8-11-36(2)15-22(24)29)19(18)13-17(34-25)5-4-10-33-26(38)27-14-21(27)20(27)9-12-37/h3-7,17,20-22,24-25,34-35,37H,1,8-15H2,2H3,(H,33,38)/b5-4+/t17?,20-,21+,22-,24+,25?,27-/m0/s1. The van der Waals surface area contributed by atoms with Crippen molar-refractivity contribution >= 4 is 11.6 Å². The maximum absolute atomic E-state index is 14.7. The van der Waals surface area contributed by atoms with Gasteiger partial charge in [-0.2, -0.15) is 13.2 Å². The minimum absolute atomic E-state index is 0.0127. The SMILES string of the molecule is C=C(C1NC(/C=C/CNC(=O)[C@]23C[C@@H]2[C@@H]3CCO)Cc2c(N[C@@H]3CCN(C)C[C@@H]3F)cccc21)C(F)(F)F. The van der Waals surface area contributed by atoms with Gasteiger partial charge in [0.2, 0.25) is 5.91 Å². The molecule has 6 nitrogen and oxygen atoms in total. The highest BCUT2D eigenvalue weighted by molar-refractivity contribution is 5.91. The van der Waals surface area contributed by atoms with Crippen LogP contribution in [-0.4, -0.2) is 73.6 Å². The molecule has 4 aliphatic rings. The molecule has 2 unspecified atom stereocenters. The summed E-state index contributed by atoms with van der Waals surface area (Å²) in [6.45, 7) is 4.75. The average Bonchev–Trinajstić information content (AvgIpc) is 3.76. The first-order valence-corrected chi connectivity index (χ1v) is 13.3. The molecule has 0 spiro atoms. The summed E-state index contributed by atoms with van der Waals surface area (Å²) in [6, 6.07) is 3.18. The molecule has 38 heavy (non-hydrogen) atoms. The molecule has 5 rings (SSSR count). The molecule has 2 saturated carbocycles. The van der Waals surface area contributed by atoms with E-state index in [2.05, 4.69) is 22.5 Å². The Morgan fingerprint density at radius 2 is 2.16 bits per heavy atom. The number of halogens is 4. The monoisotopic (exact) mass is 536 g/mol. The first kappa shape index (κ1) is 27.1. The summed E-state index contributed by atoms with van der Waals surface area (Å²) in [5, 5.41) is 18.4. The highest BCUT2D eigenvalue weighted by Crippen LogP contribution is 2.80. The second kappa shape index (κ2) is 10.3. The Balaban J connectivity index is 1.29. The number of nitrogens with zero attached hydrogens (tertiary/aromatic N) is 1. The number of piperidine rings is 1. The number of aliphatic hydroxyl groups excluding tert-OH is 1. The van der Waals surface area contributed by atoms with Gasteiger partial charge in [0.05, 0.1) is 17.5 Å². The van der Waals surface area contributed by atoms with E-state index in [1.165, 1.54) is 0 Å². The zero-order valence-corrected chi connectivity index (χ0v) is 21.5. The normalized spacial score (nSPS) is 34.4. The fourth-order valence-corrected chi connectivity index (χ4v) is 6.43. The van der Waals surface area contributed by atoms with Gasteiger partial charge in [-0.25, -0.2) is 4.39 Å². The van der Waals surface area contributed by atoms with E-state index in [-0.39, 0.29) is 30.4 Å². The number of nitrogens with one attached hydrogen (secondary N) is 3. The molecule has 10 heteroatoms. The van der Waals surface area contributed by atoms with Gasteiger partial charge in [0.25, 0.3) is 0 Å². The molecule has 1 aromatic carbocycles. The van der Waals surface area contributed by atoms with Crippen LogP contribution in [0.4, 0.5) is 23.2 Å². The van der Waals surface area contributed by atoms with Gasteiger partial charge in [0.1, 0.15) is 6.17 Å². The Hall–Kier alpha value is -2.43. The number of fused-ring (bicyclic) bond motifs is 2. The number of amides is 1. The summed E-state index contributed by atoms with van der Waals surface area (Å²) >= 11 is 0. The summed E-state index contributed by atoms with van der Waals surface area (Å²) in [4.78, 5) is 14.5. The third-order valence-corrected chi connectivity index (χ3v) is 8.84. The van der Waals surface area contributed by atoms with Gasteiger partial charge in [0, 0.05) is 43.5 Å². The quantitative estimate of drug-likeness (QED) is 0.287. The number of rotatable bonds is 9. The predicted molar refractivity (Wildman–Crippen MR) is 137 cm³/mol. The average molecular weight is 537 g/mol. The van der Waals surface area contributed by atoms with Gasteiger partial charge >= 0.3 is 6.18 Å². The lowest BCUT2D eigenvalue weighted by atomic mass is 9.85. The zero-order valence-electron chi connectivity index (χ0n) is 21.5. The summed E-state index contributed by atoms with van der Waals surface area (Å²) in [5.74, 6) is 0.631. The van der Waals surface area contributed by atoms with Crippen LogP contribution in [0.1, 0.15) is 36.4 Å². The van der Waals surface area contributed by atoms with E-state index in [1.54, 1.807) is 30.4 Å². The lowest BCUT2D eigenvalue weighted by molar-refractivity contribution is -0.124. The number of likely N-dealkylation sites (tertiary alicyclic amines) is 1. The molecule has 0 radical (unpaired) electrons. The Bertz CT molecular complexity index is 1110. The molecule has 2 aliphatic carbocycles. The smallest absolute Gasteiger partial charge is 0.396 e. The van der Waals surface area contributed by atoms with Crippen LogP contribution in [0, 0.1) is 17.3 Å². The highest BCUT2D eigenvalue weighted by atomic mass is 19.4. The van der Waals surface area contributed by atoms with Crippen molar-refractivity contribution in [1.82, 2.24) is 15.5 Å². The van der Waals surface area contributed by atoms with E-state index in [0.717, 1.165) is 18.5 Å². The Kier molecular flexibility index (Phi) is 7.34. The highest BCUT2D eigenvalue weighted by Gasteiger charge is 2.81. The van der Waals surface area contributed by atoms with Crippen LogP contribution in [-0.2, 0) is 11.2 Å². The van der Waals surface area contributed by atoms with Crippen LogP contribution in [0.15, 0.2) is 42.5 Å². The fourth-order valence-electron chi connectivity index (χ4n) is 6.43. The molecule has 1 saturated heterocycles. The maximum atomic E-state index is 14.7. The molecule has 7 atom stereocenters. The molecule has 0 aromatic heterocycles. The molecular formula is C28H36F4N4O2. The Morgan fingerprint density at radius 3 is 2.84 bits per heavy atom. The summed E-state index contributed by atoms with van der Waals surface area (Å²) < 4.78 is 55.9. The van der Waals surface area contributed by atoms with Crippen molar-refractivity contribution in [3.05, 3.63) is 53.6 Å². The van der Waals surface area contributed by atoms with Crippen LogP contribution in [0.5, 0.6) is 0 Å². The van der Waals surface area contributed by atoms with Crippen molar-refractivity contribution in [3.8, 4) is 0 Å². The summed E-state index contributed by atoms with van der Waals surface area (Å²) in [5.41, 5.74) is 0.664. The number of aliphatic hydroxyl groups is 1. The van der Waals surface area contributed by atoms with Crippen molar-refractivity contribution < 1.29 is 27.5 Å². The van der Waals surface area contributed by atoms with Crippen molar-refractivity contribution in [2.24, 2.45) is 17.3 Å². The van der Waals surface area contributed by atoms with Gasteiger partial charge in [-0.1, -0.05) is 30.9 Å². The summed E-state index contributed by atoms with van der Waals surface area (Å²) in [7, 11) is 1.87. The van der Waals surface area contributed by atoms with E-state index in [1.807, 2.05) is 11.9 Å². The second-order valence-corrected chi connectivity index (χ2v) is 11.2. The van der Waals surface area contributed by atoms with Crippen LogP contribution in [0.2, 0.25) is 0 Å². The lowest BCUT2D eigenvalue weighted by Crippen LogP contribution is -2.46. The van der Waals surface area contributed by atoms with Crippen molar-refractivity contribution in [2.75, 3.05) is 38.6 Å². The number of benzene rings is 1. The first-order valence-electron chi connectivity index (χ1n) is 13.3. The fraction of sp³-hybridized carbons (Fsp3) is 0.607. The molecule has 3 fully saturated rings. The van der Waals surface area contributed by atoms with E-state index < -0.39 is 36.0 Å². The Morgan fingerprint density at radius 1 is 1.37 bits per heavy atom. The number of carbonyl (C=O) groups is 1. The number of hydrogen-bond donors (Lipinski definition) is 4. The topological polar surface area (TPSA) is 76.6 Å². The van der Waals surface area contributed by atoms with E-state index in [4.69, 9.17) is 5.11 Å². The van der Waals surface area contributed by atoms with Crippen molar-refractivity contribution in [3.63, 3.8) is 0 Å². The second-order valence-electron chi connectivity index (χ2n) is 11.2. The third kappa shape index (κ3) is 5.10. The van der Waals surface area contributed by atoms with E-state index >= 15 is 0 Å². The van der Waals surface area contributed by atoms with Gasteiger partial charge in [-0.05, 0) is 61.8 Å². The van der Waals surface area contributed by atoms with Crippen LogP contribution in [0.25, 0.3) is 0 Å². The molecular weight excluding hydrogens is 500 g/mol. The van der Waals surface area contributed by atoms with Gasteiger partial charge in [-0.3, -0.25) is 10.1 Å². The minimum Gasteiger partial charge on any atom is -0.396 e.